The molecule has 0 aliphatic rings. The quantitative estimate of drug-likeness (QED) is 0.286. The molecular weight excluding hydrogens is 304 g/mol. The Hall–Kier alpha value is -2.33. The molecule has 0 N–H and O–H groups in total. The lowest BCUT2D eigenvalue weighted by Gasteiger charge is -2.10. The summed E-state index contributed by atoms with van der Waals surface area (Å²) >= 11 is 1.49. The van der Waals surface area contributed by atoms with Crippen LogP contribution < -0.4 is 0 Å². The van der Waals surface area contributed by atoms with E-state index >= 15 is 0 Å². The number of rotatable bonds is 3. The van der Waals surface area contributed by atoms with Crippen LogP contribution in [0.4, 0.5) is 5.69 Å². The predicted octanol–water partition coefficient (Wildman–Crippen LogP) is 5.25. The molecule has 1 aromatic heterocycles. The molecule has 2 aromatic carbocycles. The van der Waals surface area contributed by atoms with E-state index in [1.54, 1.807) is 6.08 Å². The van der Waals surface area contributed by atoms with Crippen LogP contribution in [-0.4, -0.2) is 23.1 Å². The minimum atomic E-state index is 0.444. The van der Waals surface area contributed by atoms with E-state index in [2.05, 4.69) is 25.6 Å². The summed E-state index contributed by atoms with van der Waals surface area (Å²) < 4.78 is 5.65. The number of nitrogens with zero attached hydrogens (tertiary/aromatic N) is 2. The topological polar surface area (TPSA) is 34.5 Å². The van der Waals surface area contributed by atoms with E-state index in [1.807, 2.05) is 36.6 Å². The number of para-hydroxylation sites is 1. The van der Waals surface area contributed by atoms with Crippen LogP contribution in [0.1, 0.15) is 5.56 Å². The zero-order valence-electron chi connectivity index (χ0n) is 13.2. The highest BCUT2D eigenvalue weighted by atomic mass is 32.2. The van der Waals surface area contributed by atoms with Gasteiger partial charge in [-0.25, -0.2) is 9.98 Å². The smallest absolute Gasteiger partial charge is 0.251 e. The number of aliphatic imine (C=N–C) groups is 1. The lowest BCUT2D eigenvalue weighted by molar-refractivity contribution is 0.362. The number of hydrogen-bond donors (Lipinski definition) is 0. The van der Waals surface area contributed by atoms with Crippen LogP contribution in [0.2, 0.25) is 0 Å². The van der Waals surface area contributed by atoms with Crippen molar-refractivity contribution in [2.75, 3.05) is 12.9 Å². The highest BCUT2D eigenvalue weighted by Crippen LogP contribution is 2.34. The van der Waals surface area contributed by atoms with E-state index in [4.69, 9.17) is 14.7 Å². The first-order chi connectivity index (χ1) is 11.2. The molecule has 0 aliphatic heterocycles. The van der Waals surface area contributed by atoms with Crippen molar-refractivity contribution in [1.82, 2.24) is 4.98 Å². The Kier molecular flexibility index (Phi) is 4.63. The van der Waals surface area contributed by atoms with Gasteiger partial charge in [0, 0.05) is 10.8 Å². The van der Waals surface area contributed by atoms with Gasteiger partial charge in [-0.2, -0.15) is 0 Å². The molecule has 0 spiro atoms. The van der Waals surface area contributed by atoms with Gasteiger partial charge in [-0.1, -0.05) is 54.2 Å². The number of aromatic nitrogens is 1. The summed E-state index contributed by atoms with van der Waals surface area (Å²) in [5, 5.41) is 2.70. The summed E-state index contributed by atoms with van der Waals surface area (Å²) in [4.78, 5) is 9.52. The Morgan fingerprint density at radius 3 is 2.78 bits per heavy atom. The third-order valence-electron chi connectivity index (χ3n) is 3.51. The van der Waals surface area contributed by atoms with Crippen molar-refractivity contribution in [3.63, 3.8) is 0 Å². The fourth-order valence-electron chi connectivity index (χ4n) is 2.46. The van der Waals surface area contributed by atoms with E-state index in [1.165, 1.54) is 17.3 Å². The number of ether oxygens (including phenoxy) is 1. The Morgan fingerprint density at radius 2 is 2.00 bits per heavy atom. The molecule has 0 unspecified atom stereocenters. The van der Waals surface area contributed by atoms with Crippen LogP contribution >= 0.6 is 11.8 Å². The van der Waals surface area contributed by atoms with Crippen molar-refractivity contribution in [2.45, 2.75) is 6.92 Å². The first-order valence-electron chi connectivity index (χ1n) is 7.38. The van der Waals surface area contributed by atoms with E-state index in [9.17, 15) is 0 Å². The Bertz CT molecular complexity index is 902. The molecule has 116 valence electrons. The number of benzene rings is 2. The van der Waals surface area contributed by atoms with E-state index < -0.39 is 0 Å². The first kappa shape index (κ1) is 15.6. The number of fused-ring (bicyclic) bond motifs is 2. The first-order valence-corrected chi connectivity index (χ1v) is 8.61. The lowest BCUT2D eigenvalue weighted by Crippen LogP contribution is -1.99. The molecule has 23 heavy (non-hydrogen) atoms. The number of hydrogen-bond acceptors (Lipinski definition) is 4. The van der Waals surface area contributed by atoms with Crippen molar-refractivity contribution in [3.8, 4) is 0 Å². The Labute approximate surface area is 140 Å². The molecule has 0 radical (unpaired) electrons. The minimum absolute atomic E-state index is 0.444. The molecule has 0 amide bonds. The number of aryl methyl sites for hydroxylation is 1. The lowest BCUT2D eigenvalue weighted by atomic mass is 10.1. The maximum absolute atomic E-state index is 5.65. The van der Waals surface area contributed by atoms with Crippen LogP contribution in [0.3, 0.4) is 0 Å². The van der Waals surface area contributed by atoms with Crippen molar-refractivity contribution < 1.29 is 4.74 Å². The SMILES string of the molecule is C=CCOC(=Nc1c2ccccc2nc2ccc(C)cc12)SC. The summed E-state index contributed by atoms with van der Waals surface area (Å²) in [6.07, 6.45) is 3.68. The van der Waals surface area contributed by atoms with E-state index in [0.29, 0.717) is 11.8 Å². The Morgan fingerprint density at radius 1 is 1.22 bits per heavy atom. The Balaban J connectivity index is 2.31. The van der Waals surface area contributed by atoms with Crippen LogP contribution in [0.25, 0.3) is 21.8 Å². The molecule has 0 fully saturated rings. The van der Waals surface area contributed by atoms with Gasteiger partial charge in [0.15, 0.2) is 0 Å². The summed E-state index contributed by atoms with van der Waals surface area (Å²) in [6, 6.07) is 14.3. The average Bonchev–Trinajstić information content (AvgIpc) is 2.58. The molecule has 4 heteroatoms. The molecule has 0 saturated carbocycles. The van der Waals surface area contributed by atoms with Gasteiger partial charge < -0.3 is 4.74 Å². The highest BCUT2D eigenvalue weighted by molar-refractivity contribution is 8.12. The molecular formula is C19H18N2OS. The molecule has 1 heterocycles. The molecule has 3 nitrogen and oxygen atoms in total. The van der Waals surface area contributed by atoms with Crippen molar-refractivity contribution in [3.05, 3.63) is 60.7 Å². The third kappa shape index (κ3) is 3.22. The van der Waals surface area contributed by atoms with Crippen molar-refractivity contribution in [1.29, 1.82) is 0 Å². The van der Waals surface area contributed by atoms with Gasteiger partial charge in [-0.15, -0.1) is 0 Å². The van der Waals surface area contributed by atoms with Gasteiger partial charge in [-0.05, 0) is 31.4 Å². The van der Waals surface area contributed by atoms with Gasteiger partial charge >= 0.3 is 0 Å². The van der Waals surface area contributed by atoms with Gasteiger partial charge in [0.2, 0.25) is 0 Å². The van der Waals surface area contributed by atoms with Crippen LogP contribution in [0, 0.1) is 6.92 Å². The van der Waals surface area contributed by atoms with E-state index in [0.717, 1.165) is 27.5 Å². The highest BCUT2D eigenvalue weighted by Gasteiger charge is 2.10. The molecule has 0 aliphatic carbocycles. The second-order valence-electron chi connectivity index (χ2n) is 5.18. The fraction of sp³-hybridized carbons (Fsp3) is 0.158. The molecule has 0 atom stereocenters. The minimum Gasteiger partial charge on any atom is -0.469 e. The molecule has 0 bridgehead atoms. The maximum atomic E-state index is 5.65. The third-order valence-corrected chi connectivity index (χ3v) is 4.07. The van der Waals surface area contributed by atoms with Crippen molar-refractivity contribution in [2.24, 2.45) is 4.99 Å². The summed E-state index contributed by atoms with van der Waals surface area (Å²) in [7, 11) is 0. The van der Waals surface area contributed by atoms with Gasteiger partial charge in [0.05, 0.1) is 16.7 Å². The second-order valence-corrected chi connectivity index (χ2v) is 5.94. The molecule has 3 rings (SSSR count). The summed E-state index contributed by atoms with van der Waals surface area (Å²) in [5.74, 6) is 0. The van der Waals surface area contributed by atoms with Crippen LogP contribution in [-0.2, 0) is 4.74 Å². The predicted molar refractivity (Wildman–Crippen MR) is 101 cm³/mol. The number of thioether (sulfide) groups is 1. The van der Waals surface area contributed by atoms with E-state index in [-0.39, 0.29) is 0 Å². The van der Waals surface area contributed by atoms with Crippen molar-refractivity contribution >= 4 is 44.5 Å². The van der Waals surface area contributed by atoms with Crippen LogP contribution in [0.5, 0.6) is 0 Å². The second kappa shape index (κ2) is 6.84. The van der Waals surface area contributed by atoms with Crippen LogP contribution in [0.15, 0.2) is 60.1 Å². The monoisotopic (exact) mass is 322 g/mol. The molecule has 0 saturated heterocycles. The zero-order chi connectivity index (χ0) is 16.2. The summed E-state index contributed by atoms with van der Waals surface area (Å²) in [5.41, 5.74) is 3.97. The van der Waals surface area contributed by atoms with Gasteiger partial charge in [-0.3, -0.25) is 0 Å². The van der Waals surface area contributed by atoms with Gasteiger partial charge in [0.1, 0.15) is 6.61 Å². The number of pyridine rings is 1. The normalized spacial score (nSPS) is 11.8. The standard InChI is InChI=1S/C19H18N2OS/c1-4-11-22-19(23-3)21-18-14-7-5-6-8-16(14)20-17-10-9-13(2)12-15(17)18/h4-10,12H,1,11H2,2-3H3. The van der Waals surface area contributed by atoms with Gasteiger partial charge in [0.25, 0.3) is 5.23 Å². The zero-order valence-corrected chi connectivity index (χ0v) is 14.1. The molecule has 3 aromatic rings. The largest absolute Gasteiger partial charge is 0.469 e. The average molecular weight is 322 g/mol. The summed E-state index contributed by atoms with van der Waals surface area (Å²) in [6.45, 7) is 6.21. The fourth-order valence-corrected chi connectivity index (χ4v) is 2.83. The maximum Gasteiger partial charge on any atom is 0.251 e.